The van der Waals surface area contributed by atoms with Gasteiger partial charge in [-0.25, -0.2) is 4.39 Å². The average Bonchev–Trinajstić information content (AvgIpc) is 1.97. The van der Waals surface area contributed by atoms with Crippen LogP contribution in [0.25, 0.3) is 0 Å². The number of carbonyl (C=O) groups excluding carboxylic acids is 1. The van der Waals surface area contributed by atoms with Crippen LogP contribution in [-0.2, 0) is 0 Å². The maximum Gasteiger partial charge on any atom is 0.162 e. The van der Waals surface area contributed by atoms with Gasteiger partial charge in [0.25, 0.3) is 0 Å². The number of Topliss-reactive ketones (excluding diaryl/α,β-unsaturated/α-hetero) is 1. The van der Waals surface area contributed by atoms with Gasteiger partial charge in [0.1, 0.15) is 5.82 Å². The third-order valence-electron chi connectivity index (χ3n) is 1.78. The Bertz CT molecular complexity index is 334. The first-order chi connectivity index (χ1) is 5.54. The highest BCUT2D eigenvalue weighted by Gasteiger charge is 2.11. The molecule has 2 N–H and O–H groups in total. The Morgan fingerprint density at radius 1 is 1.50 bits per heavy atom. The molecule has 0 amide bonds. The number of ketones is 1. The number of hydrogen-bond donors (Lipinski definition) is 1. The van der Waals surface area contributed by atoms with E-state index in [2.05, 4.69) is 0 Å². The van der Waals surface area contributed by atoms with Crippen molar-refractivity contribution in [1.82, 2.24) is 0 Å². The van der Waals surface area contributed by atoms with E-state index in [0.717, 1.165) is 0 Å². The Kier molecular flexibility index (Phi) is 2.13. The van der Waals surface area contributed by atoms with E-state index in [1.807, 2.05) is 0 Å². The fraction of sp³-hybridized carbons (Fsp3) is 0.222. The molecular formula is C9H10FNO. The van der Waals surface area contributed by atoms with E-state index in [9.17, 15) is 9.18 Å². The van der Waals surface area contributed by atoms with E-state index in [1.165, 1.54) is 19.1 Å². The van der Waals surface area contributed by atoms with Crippen LogP contribution >= 0.6 is 0 Å². The zero-order valence-electron chi connectivity index (χ0n) is 7.02. The summed E-state index contributed by atoms with van der Waals surface area (Å²) in [5.41, 5.74) is 6.45. The second-order valence-electron chi connectivity index (χ2n) is 2.69. The highest BCUT2D eigenvalue weighted by molar-refractivity contribution is 6.00. The van der Waals surface area contributed by atoms with Gasteiger partial charge in [-0.1, -0.05) is 0 Å². The first-order valence-corrected chi connectivity index (χ1v) is 3.59. The van der Waals surface area contributed by atoms with Crippen molar-refractivity contribution in [3.05, 3.63) is 29.1 Å². The first-order valence-electron chi connectivity index (χ1n) is 3.59. The summed E-state index contributed by atoms with van der Waals surface area (Å²) >= 11 is 0. The average molecular weight is 167 g/mol. The van der Waals surface area contributed by atoms with Gasteiger partial charge in [-0.05, 0) is 31.5 Å². The molecule has 0 saturated heterocycles. The zero-order chi connectivity index (χ0) is 9.30. The van der Waals surface area contributed by atoms with Gasteiger partial charge in [-0.3, -0.25) is 4.79 Å². The van der Waals surface area contributed by atoms with Gasteiger partial charge in [0, 0.05) is 11.3 Å². The van der Waals surface area contributed by atoms with Crippen molar-refractivity contribution in [3.63, 3.8) is 0 Å². The normalized spacial score (nSPS) is 9.92. The van der Waals surface area contributed by atoms with Crippen molar-refractivity contribution < 1.29 is 9.18 Å². The highest BCUT2D eigenvalue weighted by atomic mass is 19.1. The van der Waals surface area contributed by atoms with Gasteiger partial charge in [0.2, 0.25) is 0 Å². The van der Waals surface area contributed by atoms with Crippen LogP contribution in [0, 0.1) is 12.7 Å². The lowest BCUT2D eigenvalue weighted by atomic mass is 10.0. The standard InChI is InChI=1S/C9H10FNO/c1-5-7(10)3-4-8(11)9(5)6(2)12/h3-4H,11H2,1-2H3. The molecule has 1 aromatic carbocycles. The zero-order valence-corrected chi connectivity index (χ0v) is 7.02. The molecule has 0 atom stereocenters. The Labute approximate surface area is 70.2 Å². The molecule has 1 rings (SSSR count). The fourth-order valence-electron chi connectivity index (χ4n) is 1.17. The van der Waals surface area contributed by atoms with Crippen LogP contribution < -0.4 is 5.73 Å². The Hall–Kier alpha value is -1.38. The lowest BCUT2D eigenvalue weighted by molar-refractivity contribution is 0.101. The van der Waals surface area contributed by atoms with E-state index >= 15 is 0 Å². The van der Waals surface area contributed by atoms with Crippen LogP contribution in [-0.4, -0.2) is 5.78 Å². The highest BCUT2D eigenvalue weighted by Crippen LogP contribution is 2.19. The number of nitrogen functional groups attached to an aromatic ring is 1. The van der Waals surface area contributed by atoms with Crippen LogP contribution in [0.5, 0.6) is 0 Å². The molecule has 0 bridgehead atoms. The minimum absolute atomic E-state index is 0.204. The molecular weight excluding hydrogens is 157 g/mol. The number of anilines is 1. The van der Waals surface area contributed by atoms with Gasteiger partial charge in [0.15, 0.2) is 5.78 Å². The van der Waals surface area contributed by atoms with Crippen molar-refractivity contribution in [2.45, 2.75) is 13.8 Å². The fourth-order valence-corrected chi connectivity index (χ4v) is 1.17. The van der Waals surface area contributed by atoms with Crippen molar-refractivity contribution in [2.75, 3.05) is 5.73 Å². The van der Waals surface area contributed by atoms with Gasteiger partial charge < -0.3 is 5.73 Å². The molecule has 2 nitrogen and oxygen atoms in total. The lowest BCUT2D eigenvalue weighted by Crippen LogP contribution is -2.04. The molecule has 0 unspecified atom stereocenters. The predicted molar refractivity (Wildman–Crippen MR) is 45.6 cm³/mol. The predicted octanol–water partition coefficient (Wildman–Crippen LogP) is 1.92. The molecule has 0 heterocycles. The maximum atomic E-state index is 12.9. The van der Waals surface area contributed by atoms with Crippen LogP contribution in [0.15, 0.2) is 12.1 Å². The molecule has 12 heavy (non-hydrogen) atoms. The minimum atomic E-state index is -0.394. The molecule has 0 aliphatic carbocycles. The molecule has 3 heteroatoms. The summed E-state index contributed by atoms with van der Waals surface area (Å²) in [6, 6.07) is 2.66. The van der Waals surface area contributed by atoms with E-state index in [4.69, 9.17) is 5.73 Å². The van der Waals surface area contributed by atoms with Crippen molar-refractivity contribution in [1.29, 1.82) is 0 Å². The topological polar surface area (TPSA) is 43.1 Å². The molecule has 0 radical (unpaired) electrons. The first kappa shape index (κ1) is 8.71. The third-order valence-corrected chi connectivity index (χ3v) is 1.78. The summed E-state index contributed by atoms with van der Waals surface area (Å²) in [5, 5.41) is 0. The molecule has 0 aliphatic heterocycles. The molecule has 0 fully saturated rings. The second kappa shape index (κ2) is 2.93. The summed E-state index contributed by atoms with van der Waals surface area (Å²) in [5.74, 6) is -0.598. The van der Waals surface area contributed by atoms with Gasteiger partial charge in [-0.2, -0.15) is 0 Å². The Morgan fingerprint density at radius 2 is 2.08 bits per heavy atom. The van der Waals surface area contributed by atoms with E-state index in [-0.39, 0.29) is 11.3 Å². The summed E-state index contributed by atoms with van der Waals surface area (Å²) in [6.45, 7) is 2.92. The summed E-state index contributed by atoms with van der Waals surface area (Å²) in [7, 11) is 0. The molecule has 0 spiro atoms. The monoisotopic (exact) mass is 167 g/mol. The third kappa shape index (κ3) is 1.30. The lowest BCUT2D eigenvalue weighted by Gasteiger charge is -2.05. The molecule has 0 aromatic heterocycles. The second-order valence-corrected chi connectivity index (χ2v) is 2.69. The van der Waals surface area contributed by atoms with Crippen LogP contribution in [0.4, 0.5) is 10.1 Å². The number of benzene rings is 1. The number of rotatable bonds is 1. The minimum Gasteiger partial charge on any atom is -0.398 e. The molecule has 64 valence electrons. The van der Waals surface area contributed by atoms with Crippen LogP contribution in [0.2, 0.25) is 0 Å². The number of hydrogen-bond acceptors (Lipinski definition) is 2. The van der Waals surface area contributed by atoms with E-state index in [1.54, 1.807) is 6.92 Å². The number of carbonyl (C=O) groups is 1. The number of nitrogens with two attached hydrogens (primary N) is 1. The SMILES string of the molecule is CC(=O)c1c(N)ccc(F)c1C. The maximum absolute atomic E-state index is 12.9. The Morgan fingerprint density at radius 3 is 2.50 bits per heavy atom. The van der Waals surface area contributed by atoms with Crippen LogP contribution in [0.3, 0.4) is 0 Å². The summed E-state index contributed by atoms with van der Waals surface area (Å²) < 4.78 is 12.9. The molecule has 1 aromatic rings. The quantitative estimate of drug-likeness (QED) is 0.513. The molecule has 0 aliphatic rings. The van der Waals surface area contributed by atoms with Crippen molar-refractivity contribution in [3.8, 4) is 0 Å². The smallest absolute Gasteiger partial charge is 0.162 e. The van der Waals surface area contributed by atoms with Crippen molar-refractivity contribution in [2.24, 2.45) is 0 Å². The summed E-state index contributed by atoms with van der Waals surface area (Å²) in [6.07, 6.45) is 0. The van der Waals surface area contributed by atoms with E-state index < -0.39 is 5.82 Å². The van der Waals surface area contributed by atoms with E-state index in [0.29, 0.717) is 11.3 Å². The van der Waals surface area contributed by atoms with Crippen molar-refractivity contribution >= 4 is 11.5 Å². The van der Waals surface area contributed by atoms with Gasteiger partial charge >= 0.3 is 0 Å². The Balaban J connectivity index is 3.43. The molecule has 0 saturated carbocycles. The van der Waals surface area contributed by atoms with Crippen LogP contribution in [0.1, 0.15) is 22.8 Å². The largest absolute Gasteiger partial charge is 0.398 e. The van der Waals surface area contributed by atoms with Gasteiger partial charge in [-0.15, -0.1) is 0 Å². The van der Waals surface area contributed by atoms with Gasteiger partial charge in [0.05, 0.1) is 0 Å². The summed E-state index contributed by atoms with van der Waals surface area (Å²) in [4.78, 5) is 11.0. The number of halogens is 1.